The molecule has 0 spiro atoms. The molecule has 0 bridgehead atoms. The van der Waals surface area contributed by atoms with E-state index in [2.05, 4.69) is 26.0 Å². The van der Waals surface area contributed by atoms with Gasteiger partial charge in [0.2, 0.25) is 0 Å². The fourth-order valence-corrected chi connectivity index (χ4v) is 0.934. The van der Waals surface area contributed by atoms with Gasteiger partial charge in [0.25, 0.3) is 0 Å². The molecule has 2 heterocycles. The maximum Gasteiger partial charge on any atom is 0.119 e. The summed E-state index contributed by atoms with van der Waals surface area (Å²) in [6.07, 6.45) is 10.2. The first kappa shape index (κ1) is 13.5. The average molecular weight is 243 g/mol. The lowest BCUT2D eigenvalue weighted by Crippen LogP contribution is -1.78. The van der Waals surface area contributed by atoms with Gasteiger partial charge in [-0.15, -0.1) is 0 Å². The average Bonchev–Trinajstić information content (AvgIpc) is 3.17. The van der Waals surface area contributed by atoms with Gasteiger partial charge in [0.15, 0.2) is 0 Å². The molecule has 3 aromatic rings. The lowest BCUT2D eigenvalue weighted by molar-refractivity contribution is 0.414. The van der Waals surface area contributed by atoms with E-state index in [1.54, 1.807) is 50.6 Å². The molecule has 0 saturated carbocycles. The van der Waals surface area contributed by atoms with Gasteiger partial charge in [-0.3, -0.25) is 0 Å². The highest BCUT2D eigenvalue weighted by Crippen LogP contribution is 2.04. The molecule has 93 valence electrons. The Morgan fingerprint density at radius 2 is 1.78 bits per heavy atom. The molecule has 0 atom stereocenters. The number of benzene rings is 1. The molecule has 0 aliphatic rings. The van der Waals surface area contributed by atoms with Gasteiger partial charge >= 0.3 is 0 Å². The summed E-state index contributed by atoms with van der Waals surface area (Å²) in [5.74, 6) is 0.854. The van der Waals surface area contributed by atoms with E-state index in [0.29, 0.717) is 0 Å². The second kappa shape index (κ2) is 9.65. The van der Waals surface area contributed by atoms with Crippen molar-refractivity contribution >= 4 is 0 Å². The van der Waals surface area contributed by atoms with Crippen molar-refractivity contribution in [2.75, 3.05) is 7.11 Å². The van der Waals surface area contributed by atoms with Gasteiger partial charge in [-0.1, -0.05) is 12.1 Å². The van der Waals surface area contributed by atoms with Crippen LogP contribution in [0.15, 0.2) is 61.7 Å². The molecule has 0 aliphatic carbocycles. The molecule has 0 saturated heterocycles. The van der Waals surface area contributed by atoms with Crippen LogP contribution in [0, 0.1) is 6.07 Å². The molecular formula is C13H15N4O. The van der Waals surface area contributed by atoms with Crippen LogP contribution >= 0.6 is 0 Å². The zero-order valence-corrected chi connectivity index (χ0v) is 10.1. The number of nitrogens with one attached hydrogen (secondary N) is 2. The first-order chi connectivity index (χ1) is 8.93. The number of aromatic amines is 2. The molecular weight excluding hydrogens is 228 g/mol. The summed E-state index contributed by atoms with van der Waals surface area (Å²) < 4.78 is 4.88. The van der Waals surface area contributed by atoms with Crippen LogP contribution in [0.5, 0.6) is 5.75 Å². The minimum atomic E-state index is 0.854. The molecule has 2 aromatic heterocycles. The summed E-state index contributed by atoms with van der Waals surface area (Å²) in [6, 6.07) is 10.3. The number of rotatable bonds is 1. The second-order valence-corrected chi connectivity index (χ2v) is 2.96. The van der Waals surface area contributed by atoms with Crippen molar-refractivity contribution in [1.82, 2.24) is 19.9 Å². The van der Waals surface area contributed by atoms with Gasteiger partial charge < -0.3 is 14.7 Å². The molecule has 0 unspecified atom stereocenters. The first-order valence-electron chi connectivity index (χ1n) is 5.29. The third kappa shape index (κ3) is 6.84. The van der Waals surface area contributed by atoms with Gasteiger partial charge in [-0.2, -0.15) is 0 Å². The minimum absolute atomic E-state index is 0.854. The maximum absolute atomic E-state index is 4.88. The molecule has 5 nitrogen and oxygen atoms in total. The van der Waals surface area contributed by atoms with E-state index in [4.69, 9.17) is 4.74 Å². The monoisotopic (exact) mass is 243 g/mol. The maximum atomic E-state index is 4.88. The molecule has 2 N–H and O–H groups in total. The number of aromatic nitrogens is 4. The largest absolute Gasteiger partial charge is 0.497 e. The molecule has 0 amide bonds. The molecule has 0 fully saturated rings. The first-order valence-corrected chi connectivity index (χ1v) is 5.29. The number of H-pyrrole nitrogens is 2. The van der Waals surface area contributed by atoms with Crippen LogP contribution in [0.2, 0.25) is 0 Å². The summed E-state index contributed by atoms with van der Waals surface area (Å²) >= 11 is 0. The van der Waals surface area contributed by atoms with Crippen molar-refractivity contribution in [1.29, 1.82) is 0 Å². The van der Waals surface area contributed by atoms with Crippen LogP contribution < -0.4 is 4.74 Å². The van der Waals surface area contributed by atoms with Crippen LogP contribution in [0.25, 0.3) is 0 Å². The summed E-state index contributed by atoms with van der Waals surface area (Å²) in [4.78, 5) is 12.8. The topological polar surface area (TPSA) is 66.6 Å². The van der Waals surface area contributed by atoms with E-state index in [1.165, 1.54) is 0 Å². The van der Waals surface area contributed by atoms with Gasteiger partial charge in [0.1, 0.15) is 5.75 Å². The SMILES string of the molecule is COc1c[c]ccc1.c1c[nH]cn1.c1c[nH]cn1. The Morgan fingerprint density at radius 3 is 2.00 bits per heavy atom. The predicted octanol–water partition coefficient (Wildman–Crippen LogP) is 2.31. The zero-order chi connectivity index (χ0) is 12.9. The Balaban J connectivity index is 0.000000141. The number of methoxy groups -OCH3 is 1. The Morgan fingerprint density at radius 1 is 1.11 bits per heavy atom. The van der Waals surface area contributed by atoms with Gasteiger partial charge in [0.05, 0.1) is 19.8 Å². The van der Waals surface area contributed by atoms with Gasteiger partial charge in [0, 0.05) is 24.8 Å². The van der Waals surface area contributed by atoms with Crippen LogP contribution in [0.1, 0.15) is 0 Å². The van der Waals surface area contributed by atoms with E-state index in [-0.39, 0.29) is 0 Å². The van der Waals surface area contributed by atoms with E-state index >= 15 is 0 Å². The van der Waals surface area contributed by atoms with E-state index in [1.807, 2.05) is 18.2 Å². The number of ether oxygens (including phenoxy) is 1. The molecule has 1 aromatic carbocycles. The van der Waals surface area contributed by atoms with Crippen LogP contribution in [-0.4, -0.2) is 27.0 Å². The number of hydrogen-bond donors (Lipinski definition) is 2. The molecule has 18 heavy (non-hydrogen) atoms. The van der Waals surface area contributed by atoms with Gasteiger partial charge in [-0.25, -0.2) is 9.97 Å². The van der Waals surface area contributed by atoms with E-state index < -0.39 is 0 Å². The van der Waals surface area contributed by atoms with E-state index in [0.717, 1.165) is 5.75 Å². The van der Waals surface area contributed by atoms with Crippen LogP contribution in [-0.2, 0) is 0 Å². The summed E-state index contributed by atoms with van der Waals surface area (Å²) in [5, 5.41) is 0. The third-order valence-electron chi connectivity index (χ3n) is 1.73. The highest BCUT2D eigenvalue weighted by molar-refractivity contribution is 5.19. The fraction of sp³-hybridized carbons (Fsp3) is 0.0769. The van der Waals surface area contributed by atoms with Crippen molar-refractivity contribution in [2.24, 2.45) is 0 Å². The summed E-state index contributed by atoms with van der Waals surface area (Å²) in [6.45, 7) is 0. The Labute approximate surface area is 106 Å². The predicted molar refractivity (Wildman–Crippen MR) is 69.0 cm³/mol. The molecule has 0 aliphatic heterocycles. The van der Waals surface area contributed by atoms with Crippen molar-refractivity contribution < 1.29 is 4.74 Å². The molecule has 3 rings (SSSR count). The standard InChI is InChI=1S/C7H7O.2C3H4N2/c1-8-7-5-3-2-4-6-7;2*1-2-5-3-4-1/h2-3,5-6H,1H3;2*1-3H,(H,4,5). The zero-order valence-electron chi connectivity index (χ0n) is 10.1. The van der Waals surface area contributed by atoms with Crippen molar-refractivity contribution in [3.05, 3.63) is 67.8 Å². The van der Waals surface area contributed by atoms with Crippen molar-refractivity contribution in [3.63, 3.8) is 0 Å². The second-order valence-electron chi connectivity index (χ2n) is 2.96. The molecule has 5 heteroatoms. The van der Waals surface area contributed by atoms with Gasteiger partial charge in [-0.05, 0) is 18.2 Å². The highest BCUT2D eigenvalue weighted by atomic mass is 16.5. The summed E-state index contributed by atoms with van der Waals surface area (Å²) in [5.41, 5.74) is 0. The molecule has 1 radical (unpaired) electrons. The van der Waals surface area contributed by atoms with Crippen molar-refractivity contribution in [3.8, 4) is 5.75 Å². The normalized spacial score (nSPS) is 8.28. The minimum Gasteiger partial charge on any atom is -0.497 e. The lowest BCUT2D eigenvalue weighted by Gasteiger charge is -1.93. The Hall–Kier alpha value is -2.56. The smallest absolute Gasteiger partial charge is 0.119 e. The van der Waals surface area contributed by atoms with E-state index in [9.17, 15) is 0 Å². The lowest BCUT2D eigenvalue weighted by atomic mass is 10.3. The Kier molecular flexibility index (Phi) is 7.24. The number of imidazole rings is 2. The third-order valence-corrected chi connectivity index (χ3v) is 1.73. The number of nitrogens with zero attached hydrogens (tertiary/aromatic N) is 2. The van der Waals surface area contributed by atoms with Crippen molar-refractivity contribution in [2.45, 2.75) is 0 Å². The quantitative estimate of drug-likeness (QED) is 0.689. The highest BCUT2D eigenvalue weighted by Gasteiger charge is 1.80. The number of hydrogen-bond acceptors (Lipinski definition) is 3. The fourth-order valence-electron chi connectivity index (χ4n) is 0.934. The summed E-state index contributed by atoms with van der Waals surface area (Å²) in [7, 11) is 1.64. The van der Waals surface area contributed by atoms with Crippen LogP contribution in [0.3, 0.4) is 0 Å². The Bertz CT molecular complexity index is 390. The van der Waals surface area contributed by atoms with Crippen LogP contribution in [0.4, 0.5) is 0 Å².